The first-order valence-electron chi connectivity index (χ1n) is 6.48. The van der Waals surface area contributed by atoms with Crippen molar-refractivity contribution in [2.75, 3.05) is 0 Å². The molecule has 0 aliphatic carbocycles. The normalized spacial score (nSPS) is 10.9. The molecule has 0 amide bonds. The van der Waals surface area contributed by atoms with Crippen LogP contribution in [0.4, 0.5) is 0 Å². The zero-order valence-corrected chi connectivity index (χ0v) is 12.9. The number of hydrogen-bond donors (Lipinski definition) is 1. The van der Waals surface area contributed by atoms with Gasteiger partial charge in [-0.3, -0.25) is 0 Å². The minimum Gasteiger partial charge on any atom is -0.392 e. The number of benzene rings is 1. The van der Waals surface area contributed by atoms with Gasteiger partial charge in [0.1, 0.15) is 0 Å². The Morgan fingerprint density at radius 2 is 1.90 bits per heavy atom. The fourth-order valence-electron chi connectivity index (χ4n) is 1.81. The third-order valence-corrected chi connectivity index (χ3v) is 4.76. The van der Waals surface area contributed by atoms with Gasteiger partial charge in [-0.1, -0.05) is 35.5 Å². The second-order valence-corrected chi connectivity index (χ2v) is 6.39. The molecule has 0 radical (unpaired) electrons. The van der Waals surface area contributed by atoms with E-state index in [1.165, 1.54) is 5.56 Å². The van der Waals surface area contributed by atoms with E-state index in [0.29, 0.717) is 5.89 Å². The maximum absolute atomic E-state index is 9.00. The average Bonchev–Trinajstić information content (AvgIpc) is 3.19. The Bertz CT molecular complexity index is 678. The third-order valence-electron chi connectivity index (χ3n) is 2.91. The molecule has 4 nitrogen and oxygen atoms in total. The largest absolute Gasteiger partial charge is 0.392 e. The van der Waals surface area contributed by atoms with Crippen molar-refractivity contribution in [3.05, 3.63) is 58.7 Å². The number of aromatic nitrogens is 2. The standard InChI is InChI=1S/C15H14N2O2S2/c18-8-11-3-5-12(6-4-11)9-20-10-14-16-15(19-17-14)13-2-1-7-21-13/h1-7,18H,8-10H2. The molecule has 3 rings (SSSR count). The molecule has 2 heterocycles. The number of nitrogens with zero attached hydrogens (tertiary/aromatic N) is 2. The van der Waals surface area contributed by atoms with E-state index in [9.17, 15) is 0 Å². The first-order chi connectivity index (χ1) is 10.3. The van der Waals surface area contributed by atoms with Crippen molar-refractivity contribution >= 4 is 23.1 Å². The van der Waals surface area contributed by atoms with Crippen molar-refractivity contribution < 1.29 is 9.63 Å². The molecule has 2 aromatic heterocycles. The number of hydrogen-bond acceptors (Lipinski definition) is 6. The van der Waals surface area contributed by atoms with Crippen LogP contribution in [0, 0.1) is 0 Å². The lowest BCUT2D eigenvalue weighted by molar-refractivity contribution is 0.282. The van der Waals surface area contributed by atoms with Crippen molar-refractivity contribution in [1.29, 1.82) is 0 Å². The summed E-state index contributed by atoms with van der Waals surface area (Å²) in [5.41, 5.74) is 2.15. The minimum absolute atomic E-state index is 0.0851. The molecule has 1 N–H and O–H groups in total. The molecule has 3 aromatic rings. The molecular weight excluding hydrogens is 304 g/mol. The van der Waals surface area contributed by atoms with E-state index in [4.69, 9.17) is 9.63 Å². The molecule has 0 saturated heterocycles. The van der Waals surface area contributed by atoms with Gasteiger partial charge < -0.3 is 9.63 Å². The summed E-state index contributed by atoms with van der Waals surface area (Å²) in [5.74, 6) is 2.91. The molecule has 0 saturated carbocycles. The van der Waals surface area contributed by atoms with E-state index < -0.39 is 0 Å². The van der Waals surface area contributed by atoms with Crippen LogP contribution in [0.3, 0.4) is 0 Å². The molecule has 0 fully saturated rings. The maximum atomic E-state index is 9.00. The van der Waals surface area contributed by atoms with E-state index in [1.807, 2.05) is 41.8 Å². The Balaban J connectivity index is 1.53. The van der Waals surface area contributed by atoms with Crippen molar-refractivity contribution in [2.24, 2.45) is 0 Å². The smallest absolute Gasteiger partial charge is 0.268 e. The van der Waals surface area contributed by atoms with Gasteiger partial charge >= 0.3 is 0 Å². The van der Waals surface area contributed by atoms with Gasteiger partial charge in [0.05, 0.1) is 17.2 Å². The second-order valence-electron chi connectivity index (χ2n) is 4.46. The number of rotatable bonds is 6. The summed E-state index contributed by atoms with van der Waals surface area (Å²) in [4.78, 5) is 5.39. The van der Waals surface area contributed by atoms with Gasteiger partial charge in [0.15, 0.2) is 5.82 Å². The molecule has 21 heavy (non-hydrogen) atoms. The molecule has 0 aliphatic heterocycles. The Hall–Kier alpha value is -1.63. The number of thioether (sulfide) groups is 1. The van der Waals surface area contributed by atoms with Crippen LogP contribution >= 0.6 is 23.1 Å². The van der Waals surface area contributed by atoms with Crippen LogP contribution in [-0.4, -0.2) is 15.2 Å². The van der Waals surface area contributed by atoms with Crippen LogP contribution in [0.25, 0.3) is 10.8 Å². The highest BCUT2D eigenvalue weighted by Gasteiger charge is 2.09. The predicted octanol–water partition coefficient (Wildman–Crippen LogP) is 3.72. The topological polar surface area (TPSA) is 59.2 Å². The summed E-state index contributed by atoms with van der Waals surface area (Å²) < 4.78 is 5.25. The SMILES string of the molecule is OCc1ccc(CSCc2noc(-c3cccs3)n2)cc1. The Morgan fingerprint density at radius 1 is 1.10 bits per heavy atom. The molecule has 0 atom stereocenters. The summed E-state index contributed by atoms with van der Waals surface area (Å²) >= 11 is 3.33. The number of aliphatic hydroxyl groups excluding tert-OH is 1. The van der Waals surface area contributed by atoms with Gasteiger partial charge in [0, 0.05) is 5.75 Å². The first-order valence-corrected chi connectivity index (χ1v) is 8.51. The zero-order valence-electron chi connectivity index (χ0n) is 11.2. The lowest BCUT2D eigenvalue weighted by atomic mass is 10.2. The molecule has 0 bridgehead atoms. The lowest BCUT2D eigenvalue weighted by Crippen LogP contribution is -1.87. The van der Waals surface area contributed by atoms with E-state index in [2.05, 4.69) is 10.1 Å². The zero-order chi connectivity index (χ0) is 14.5. The van der Waals surface area contributed by atoms with Gasteiger partial charge in [0.2, 0.25) is 0 Å². The van der Waals surface area contributed by atoms with E-state index >= 15 is 0 Å². The van der Waals surface area contributed by atoms with Crippen LogP contribution in [0.1, 0.15) is 17.0 Å². The number of thiophene rings is 1. The molecule has 6 heteroatoms. The summed E-state index contributed by atoms with van der Waals surface area (Å²) in [7, 11) is 0. The molecular formula is C15H14N2O2S2. The summed E-state index contributed by atoms with van der Waals surface area (Å²) in [6.45, 7) is 0.0851. The van der Waals surface area contributed by atoms with Crippen molar-refractivity contribution in [2.45, 2.75) is 18.1 Å². The van der Waals surface area contributed by atoms with Gasteiger partial charge in [-0.2, -0.15) is 4.98 Å². The monoisotopic (exact) mass is 318 g/mol. The molecule has 0 spiro atoms. The van der Waals surface area contributed by atoms with Crippen LogP contribution in [0.15, 0.2) is 46.3 Å². The predicted molar refractivity (Wildman–Crippen MR) is 85.0 cm³/mol. The average molecular weight is 318 g/mol. The Kier molecular flexibility index (Phi) is 4.69. The molecule has 1 aromatic carbocycles. The van der Waals surface area contributed by atoms with Crippen LogP contribution in [0.2, 0.25) is 0 Å². The first kappa shape index (κ1) is 14.3. The van der Waals surface area contributed by atoms with Gasteiger partial charge in [0.25, 0.3) is 5.89 Å². The van der Waals surface area contributed by atoms with Crippen molar-refractivity contribution in [1.82, 2.24) is 10.1 Å². The van der Waals surface area contributed by atoms with E-state index in [0.717, 1.165) is 27.8 Å². The molecule has 0 aliphatic rings. The highest BCUT2D eigenvalue weighted by Crippen LogP contribution is 2.24. The van der Waals surface area contributed by atoms with Gasteiger partial charge in [-0.25, -0.2) is 0 Å². The lowest BCUT2D eigenvalue weighted by Gasteiger charge is -2.01. The van der Waals surface area contributed by atoms with Crippen LogP contribution in [-0.2, 0) is 18.1 Å². The maximum Gasteiger partial charge on any atom is 0.268 e. The molecule has 108 valence electrons. The summed E-state index contributed by atoms with van der Waals surface area (Å²) in [6.07, 6.45) is 0. The minimum atomic E-state index is 0.0851. The van der Waals surface area contributed by atoms with Crippen molar-refractivity contribution in [3.8, 4) is 10.8 Å². The highest BCUT2D eigenvalue weighted by atomic mass is 32.2. The Labute approximate surface area is 130 Å². The molecule has 0 unspecified atom stereocenters. The Morgan fingerprint density at radius 3 is 2.62 bits per heavy atom. The second kappa shape index (κ2) is 6.89. The number of aliphatic hydroxyl groups is 1. The van der Waals surface area contributed by atoms with Crippen LogP contribution in [0.5, 0.6) is 0 Å². The third kappa shape index (κ3) is 3.72. The fourth-order valence-corrected chi connectivity index (χ4v) is 3.29. The van der Waals surface area contributed by atoms with Gasteiger partial charge in [-0.15, -0.1) is 23.1 Å². The summed E-state index contributed by atoms with van der Waals surface area (Å²) in [6, 6.07) is 11.9. The van der Waals surface area contributed by atoms with Crippen molar-refractivity contribution in [3.63, 3.8) is 0 Å². The van der Waals surface area contributed by atoms with Crippen LogP contribution < -0.4 is 0 Å². The quantitative estimate of drug-likeness (QED) is 0.750. The summed E-state index contributed by atoms with van der Waals surface area (Å²) in [5, 5.41) is 15.0. The van der Waals surface area contributed by atoms with E-state index in [1.54, 1.807) is 23.1 Å². The van der Waals surface area contributed by atoms with Gasteiger partial charge in [-0.05, 0) is 22.6 Å². The fraction of sp³-hybridized carbons (Fsp3) is 0.200. The highest BCUT2D eigenvalue weighted by molar-refractivity contribution is 7.97. The van der Waals surface area contributed by atoms with E-state index in [-0.39, 0.29) is 6.61 Å².